The Kier molecular flexibility index (Phi) is 7.79. The highest BCUT2D eigenvalue weighted by atomic mass is 79.9. The van der Waals surface area contributed by atoms with Crippen LogP contribution in [0.25, 0.3) is 0 Å². The molecule has 4 heteroatoms. The predicted octanol–water partition coefficient (Wildman–Crippen LogP) is 5.66. The number of allylic oxidation sites excluding steroid dienone is 1. The highest BCUT2D eigenvalue weighted by Gasteiger charge is 2.48. The summed E-state index contributed by atoms with van der Waals surface area (Å²) >= 11 is 3.59. The molecule has 0 saturated heterocycles. The molecule has 0 aromatic heterocycles. The second-order valence-corrected chi connectivity index (χ2v) is 9.33. The first-order chi connectivity index (χ1) is 12.3. The van der Waals surface area contributed by atoms with Gasteiger partial charge in [0.25, 0.3) is 5.91 Å². The SMILES string of the molecule is CCN(CC)C(=O)C(C)(O)CCCCC1CCC2/C(=C/Br)CCCC12C. The summed E-state index contributed by atoms with van der Waals surface area (Å²) in [6.45, 7) is 9.45. The number of aliphatic hydroxyl groups is 1. The molecular formula is C22H38BrNO2. The van der Waals surface area contributed by atoms with Gasteiger partial charge < -0.3 is 10.0 Å². The molecule has 150 valence electrons. The van der Waals surface area contributed by atoms with Crippen molar-refractivity contribution in [2.24, 2.45) is 17.3 Å². The lowest BCUT2D eigenvalue weighted by molar-refractivity contribution is -0.150. The van der Waals surface area contributed by atoms with Crippen LogP contribution in [0.4, 0.5) is 0 Å². The molecule has 2 saturated carbocycles. The molecule has 4 atom stereocenters. The molecule has 2 fully saturated rings. The second-order valence-electron chi connectivity index (χ2n) is 8.87. The van der Waals surface area contributed by atoms with E-state index < -0.39 is 5.60 Å². The van der Waals surface area contributed by atoms with Gasteiger partial charge in [0, 0.05) is 13.1 Å². The zero-order valence-electron chi connectivity index (χ0n) is 17.2. The lowest BCUT2D eigenvalue weighted by Gasteiger charge is -2.42. The Bertz CT molecular complexity index is 512. The van der Waals surface area contributed by atoms with Crippen molar-refractivity contribution in [1.82, 2.24) is 4.90 Å². The molecule has 1 amide bonds. The van der Waals surface area contributed by atoms with Crippen LogP contribution in [0.3, 0.4) is 0 Å². The summed E-state index contributed by atoms with van der Waals surface area (Å²) in [6.07, 6.45) is 10.4. The number of amides is 1. The Morgan fingerprint density at radius 2 is 2.04 bits per heavy atom. The van der Waals surface area contributed by atoms with Gasteiger partial charge in [-0.15, -0.1) is 0 Å². The Morgan fingerprint density at radius 1 is 1.35 bits per heavy atom. The fraction of sp³-hybridized carbons (Fsp3) is 0.864. The van der Waals surface area contributed by atoms with Crippen molar-refractivity contribution in [2.75, 3.05) is 13.1 Å². The summed E-state index contributed by atoms with van der Waals surface area (Å²) in [5.74, 6) is 1.43. The Hall–Kier alpha value is -0.350. The summed E-state index contributed by atoms with van der Waals surface area (Å²) in [5.41, 5.74) is 0.858. The van der Waals surface area contributed by atoms with Crippen LogP contribution in [-0.4, -0.2) is 34.6 Å². The number of carbonyl (C=O) groups excluding carboxylic acids is 1. The molecule has 26 heavy (non-hydrogen) atoms. The quantitative estimate of drug-likeness (QED) is 0.507. The molecule has 3 nitrogen and oxygen atoms in total. The van der Waals surface area contributed by atoms with Crippen molar-refractivity contribution in [3.63, 3.8) is 0 Å². The van der Waals surface area contributed by atoms with Crippen LogP contribution in [0.5, 0.6) is 0 Å². The van der Waals surface area contributed by atoms with Crippen LogP contribution in [0, 0.1) is 17.3 Å². The van der Waals surface area contributed by atoms with Crippen molar-refractivity contribution >= 4 is 21.8 Å². The number of hydrogen-bond acceptors (Lipinski definition) is 2. The molecule has 0 radical (unpaired) electrons. The molecule has 2 aliphatic carbocycles. The van der Waals surface area contributed by atoms with Crippen LogP contribution in [0.1, 0.15) is 85.5 Å². The smallest absolute Gasteiger partial charge is 0.254 e. The van der Waals surface area contributed by atoms with E-state index in [0.717, 1.165) is 24.7 Å². The number of hydrogen-bond donors (Lipinski definition) is 1. The van der Waals surface area contributed by atoms with Crippen LogP contribution >= 0.6 is 15.9 Å². The molecule has 4 unspecified atom stereocenters. The van der Waals surface area contributed by atoms with Gasteiger partial charge in [0.15, 0.2) is 0 Å². The number of nitrogens with zero attached hydrogens (tertiary/aromatic N) is 1. The number of rotatable bonds is 8. The molecule has 0 aromatic carbocycles. The first-order valence-corrected chi connectivity index (χ1v) is 11.5. The van der Waals surface area contributed by atoms with E-state index in [1.165, 1.54) is 38.5 Å². The van der Waals surface area contributed by atoms with Gasteiger partial charge in [0.05, 0.1) is 0 Å². The monoisotopic (exact) mass is 427 g/mol. The van der Waals surface area contributed by atoms with Gasteiger partial charge in [0.2, 0.25) is 0 Å². The van der Waals surface area contributed by atoms with Crippen LogP contribution in [0.2, 0.25) is 0 Å². The fourth-order valence-corrected chi connectivity index (χ4v) is 6.12. The predicted molar refractivity (Wildman–Crippen MR) is 112 cm³/mol. The zero-order valence-corrected chi connectivity index (χ0v) is 18.8. The van der Waals surface area contributed by atoms with Crippen molar-refractivity contribution in [3.8, 4) is 0 Å². The summed E-state index contributed by atoms with van der Waals surface area (Å²) in [4.78, 5) is 16.4. The van der Waals surface area contributed by atoms with E-state index in [2.05, 4.69) is 27.8 Å². The normalized spacial score (nSPS) is 32.3. The van der Waals surface area contributed by atoms with Gasteiger partial charge >= 0.3 is 0 Å². The van der Waals surface area contributed by atoms with E-state index >= 15 is 0 Å². The van der Waals surface area contributed by atoms with Gasteiger partial charge in [-0.05, 0) is 88.0 Å². The summed E-state index contributed by atoms with van der Waals surface area (Å²) in [5, 5.41) is 10.6. The maximum atomic E-state index is 12.5. The molecule has 0 bridgehead atoms. The fourth-order valence-electron chi connectivity index (χ4n) is 5.57. The summed E-state index contributed by atoms with van der Waals surface area (Å²) in [7, 11) is 0. The standard InChI is InChI=1S/C22H38BrNO2/c1-5-24(6-2)20(25)22(4,26)15-8-7-11-18-12-13-19-17(16-23)10-9-14-21(18,19)3/h16,18-19,26H,5-15H2,1-4H3/b17-16+. The number of fused-ring (bicyclic) bond motifs is 1. The highest BCUT2D eigenvalue weighted by molar-refractivity contribution is 9.11. The summed E-state index contributed by atoms with van der Waals surface area (Å²) < 4.78 is 0. The molecule has 2 rings (SSSR count). The first kappa shape index (κ1) is 21.9. The Labute approximate surface area is 168 Å². The lowest BCUT2D eigenvalue weighted by atomic mass is 9.63. The minimum atomic E-state index is -1.22. The van der Waals surface area contributed by atoms with Gasteiger partial charge in [-0.2, -0.15) is 0 Å². The Morgan fingerprint density at radius 3 is 2.65 bits per heavy atom. The maximum Gasteiger partial charge on any atom is 0.254 e. The third kappa shape index (κ3) is 4.55. The van der Waals surface area contributed by atoms with E-state index in [1.54, 1.807) is 17.4 Å². The third-order valence-electron chi connectivity index (χ3n) is 7.28. The largest absolute Gasteiger partial charge is 0.380 e. The average Bonchev–Trinajstić information content (AvgIpc) is 2.96. The van der Waals surface area contributed by atoms with E-state index in [4.69, 9.17) is 0 Å². The lowest BCUT2D eigenvalue weighted by Crippen LogP contribution is -2.47. The van der Waals surface area contributed by atoms with E-state index in [-0.39, 0.29) is 5.91 Å². The molecule has 0 aliphatic heterocycles. The van der Waals surface area contributed by atoms with Crippen molar-refractivity contribution in [1.29, 1.82) is 0 Å². The van der Waals surface area contributed by atoms with Gasteiger partial charge in [-0.3, -0.25) is 4.79 Å². The molecule has 2 aliphatic rings. The average molecular weight is 428 g/mol. The van der Waals surface area contributed by atoms with Gasteiger partial charge in [0.1, 0.15) is 5.60 Å². The molecule has 0 spiro atoms. The van der Waals surface area contributed by atoms with E-state index in [9.17, 15) is 9.90 Å². The van der Waals surface area contributed by atoms with E-state index in [0.29, 0.717) is 24.9 Å². The first-order valence-electron chi connectivity index (χ1n) is 10.6. The highest BCUT2D eigenvalue weighted by Crippen LogP contribution is 2.58. The third-order valence-corrected chi connectivity index (χ3v) is 7.87. The van der Waals surface area contributed by atoms with Gasteiger partial charge in [-0.25, -0.2) is 0 Å². The molecule has 0 heterocycles. The van der Waals surface area contributed by atoms with Gasteiger partial charge in [-0.1, -0.05) is 41.3 Å². The second kappa shape index (κ2) is 9.23. The van der Waals surface area contributed by atoms with Crippen molar-refractivity contribution in [3.05, 3.63) is 10.6 Å². The van der Waals surface area contributed by atoms with Crippen LogP contribution in [-0.2, 0) is 4.79 Å². The number of carbonyl (C=O) groups is 1. The van der Waals surface area contributed by atoms with Crippen molar-refractivity contribution < 1.29 is 9.90 Å². The topological polar surface area (TPSA) is 40.5 Å². The minimum Gasteiger partial charge on any atom is -0.380 e. The van der Waals surface area contributed by atoms with E-state index in [1.807, 2.05) is 13.8 Å². The molecular weight excluding hydrogens is 390 g/mol. The number of halogens is 1. The maximum absolute atomic E-state index is 12.5. The Balaban J connectivity index is 1.84. The summed E-state index contributed by atoms with van der Waals surface area (Å²) in [6, 6.07) is 0. The van der Waals surface area contributed by atoms with Crippen molar-refractivity contribution in [2.45, 2.75) is 91.1 Å². The minimum absolute atomic E-state index is 0.116. The van der Waals surface area contributed by atoms with Crippen LogP contribution in [0.15, 0.2) is 10.6 Å². The number of unbranched alkanes of at least 4 members (excludes halogenated alkanes) is 1. The number of likely N-dealkylation sites (N-methyl/N-ethyl adjacent to an activating group) is 1. The van der Waals surface area contributed by atoms with Crippen LogP contribution < -0.4 is 0 Å². The molecule has 0 aromatic rings. The molecule has 1 N–H and O–H groups in total. The zero-order chi connectivity index (χ0) is 19.4.